The topological polar surface area (TPSA) is 45.2 Å². The third-order valence-electron chi connectivity index (χ3n) is 2.47. The Labute approximate surface area is 79.8 Å². The number of aromatic amines is 1. The molecule has 1 aliphatic rings. The van der Waals surface area contributed by atoms with Gasteiger partial charge in [-0.05, 0) is 17.4 Å². The number of nitrogens with zero attached hydrogens (tertiary/aromatic N) is 1. The number of benzene rings is 1. The van der Waals surface area contributed by atoms with E-state index in [1.807, 2.05) is 30.5 Å². The molecule has 14 heavy (non-hydrogen) atoms. The van der Waals surface area contributed by atoms with Gasteiger partial charge in [0.1, 0.15) is 0 Å². The summed E-state index contributed by atoms with van der Waals surface area (Å²) in [5, 5.41) is 2.88. The van der Waals surface area contributed by atoms with Crippen molar-refractivity contribution in [3.8, 4) is 0 Å². The molecule has 0 saturated heterocycles. The molecule has 0 spiro atoms. The van der Waals surface area contributed by atoms with Crippen molar-refractivity contribution in [2.45, 2.75) is 6.42 Å². The van der Waals surface area contributed by atoms with E-state index in [4.69, 9.17) is 0 Å². The van der Waals surface area contributed by atoms with Crippen molar-refractivity contribution >= 4 is 22.9 Å². The lowest BCUT2D eigenvalue weighted by atomic mass is 10.1. The van der Waals surface area contributed by atoms with Gasteiger partial charge < -0.3 is 4.98 Å². The van der Waals surface area contributed by atoms with E-state index in [1.165, 1.54) is 0 Å². The first kappa shape index (κ1) is 7.50. The largest absolute Gasteiger partial charge is 0.361 e. The molecular weight excluding hydrogens is 176 g/mol. The predicted molar refractivity (Wildman–Crippen MR) is 53.2 cm³/mol. The molecule has 0 bridgehead atoms. The van der Waals surface area contributed by atoms with Crippen LogP contribution in [0.2, 0.25) is 0 Å². The number of aromatic nitrogens is 1. The normalized spacial score (nSPS) is 14.7. The highest BCUT2D eigenvalue weighted by molar-refractivity contribution is 5.87. The second-order valence-electron chi connectivity index (χ2n) is 3.36. The van der Waals surface area contributed by atoms with Gasteiger partial charge in [-0.25, -0.2) is 4.99 Å². The van der Waals surface area contributed by atoms with Crippen LogP contribution in [-0.2, 0) is 4.79 Å². The summed E-state index contributed by atoms with van der Waals surface area (Å²) in [6.07, 6.45) is 4.21. The Morgan fingerprint density at radius 2 is 2.21 bits per heavy atom. The Morgan fingerprint density at radius 1 is 1.29 bits per heavy atom. The smallest absolute Gasteiger partial charge is 0.250 e. The Morgan fingerprint density at radius 3 is 3.14 bits per heavy atom. The Bertz CT molecular complexity index is 637. The van der Waals surface area contributed by atoms with Crippen molar-refractivity contribution in [1.29, 1.82) is 0 Å². The number of fused-ring (bicyclic) bond motifs is 3. The summed E-state index contributed by atoms with van der Waals surface area (Å²) in [7, 11) is 0. The van der Waals surface area contributed by atoms with Crippen LogP contribution in [0.15, 0.2) is 29.4 Å². The summed E-state index contributed by atoms with van der Waals surface area (Å²) in [4.78, 5) is 18.3. The van der Waals surface area contributed by atoms with Crippen molar-refractivity contribution in [2.75, 3.05) is 0 Å². The number of nitrogens with one attached hydrogen (secondary N) is 1. The highest BCUT2D eigenvalue weighted by Crippen LogP contribution is 2.05. The molecule has 0 saturated carbocycles. The first-order chi connectivity index (χ1) is 6.84. The van der Waals surface area contributed by atoms with Gasteiger partial charge in [-0.3, -0.25) is 4.79 Å². The molecule has 3 heteroatoms. The van der Waals surface area contributed by atoms with Crippen LogP contribution in [0, 0.1) is 0 Å². The lowest BCUT2D eigenvalue weighted by Crippen LogP contribution is -2.29. The number of hydrogen-bond acceptors (Lipinski definition) is 1. The Kier molecular flexibility index (Phi) is 1.36. The molecule has 1 N–H and O–H groups in total. The Hall–Kier alpha value is -1.90. The zero-order valence-corrected chi connectivity index (χ0v) is 7.45. The van der Waals surface area contributed by atoms with E-state index in [0.29, 0.717) is 6.42 Å². The standard InChI is InChI=1S/C11H8N2O/c14-10-4-2-7-1-3-9-8(5-6-12-9)11(7)13-10/h1-3,5-6,12H,4H2. The van der Waals surface area contributed by atoms with Crippen LogP contribution < -0.4 is 10.6 Å². The maximum absolute atomic E-state index is 11.2. The summed E-state index contributed by atoms with van der Waals surface area (Å²) in [6, 6.07) is 5.95. The van der Waals surface area contributed by atoms with Crippen molar-refractivity contribution < 1.29 is 4.79 Å². The molecule has 68 valence electrons. The van der Waals surface area contributed by atoms with Crippen LogP contribution in [-0.4, -0.2) is 10.9 Å². The molecule has 3 nitrogen and oxygen atoms in total. The minimum Gasteiger partial charge on any atom is -0.361 e. The van der Waals surface area contributed by atoms with Crippen molar-refractivity contribution in [3.63, 3.8) is 0 Å². The predicted octanol–water partition coefficient (Wildman–Crippen LogP) is 0.498. The van der Waals surface area contributed by atoms with E-state index in [0.717, 1.165) is 21.5 Å². The van der Waals surface area contributed by atoms with E-state index < -0.39 is 0 Å². The highest BCUT2D eigenvalue weighted by atomic mass is 16.1. The van der Waals surface area contributed by atoms with Crippen LogP contribution in [0.25, 0.3) is 17.0 Å². The molecule has 1 aliphatic heterocycles. The molecule has 3 rings (SSSR count). The quantitative estimate of drug-likeness (QED) is 0.636. The van der Waals surface area contributed by atoms with Gasteiger partial charge in [0, 0.05) is 23.5 Å². The second kappa shape index (κ2) is 2.54. The molecule has 2 aromatic rings. The first-order valence-corrected chi connectivity index (χ1v) is 4.52. The van der Waals surface area contributed by atoms with Crippen LogP contribution in [0.3, 0.4) is 0 Å². The van der Waals surface area contributed by atoms with Crippen LogP contribution >= 0.6 is 0 Å². The van der Waals surface area contributed by atoms with E-state index in [1.54, 1.807) is 0 Å². The molecule has 1 aromatic carbocycles. The van der Waals surface area contributed by atoms with Gasteiger partial charge in [-0.15, -0.1) is 0 Å². The van der Waals surface area contributed by atoms with Crippen molar-refractivity contribution in [3.05, 3.63) is 35.0 Å². The van der Waals surface area contributed by atoms with Gasteiger partial charge in [-0.1, -0.05) is 12.1 Å². The van der Waals surface area contributed by atoms with Crippen LogP contribution in [0.4, 0.5) is 0 Å². The SMILES string of the molecule is O=C1CC=c2ccc3[nH]ccc3c2=N1. The summed E-state index contributed by atoms with van der Waals surface area (Å²) in [5.41, 5.74) is 1.02. The molecule has 1 amide bonds. The molecular formula is C11H8N2O. The lowest BCUT2D eigenvalue weighted by Gasteiger charge is -1.99. The van der Waals surface area contributed by atoms with Crippen LogP contribution in [0.5, 0.6) is 0 Å². The number of H-pyrrole nitrogens is 1. The third-order valence-corrected chi connectivity index (χ3v) is 2.47. The minimum absolute atomic E-state index is 0.0637. The maximum atomic E-state index is 11.2. The second-order valence-corrected chi connectivity index (χ2v) is 3.36. The van der Waals surface area contributed by atoms with Gasteiger partial charge in [0.2, 0.25) is 5.91 Å². The Balaban J connectivity index is 2.61. The maximum Gasteiger partial charge on any atom is 0.250 e. The van der Waals surface area contributed by atoms with Crippen molar-refractivity contribution in [2.24, 2.45) is 4.99 Å². The zero-order chi connectivity index (χ0) is 9.54. The monoisotopic (exact) mass is 184 g/mol. The molecule has 0 radical (unpaired) electrons. The number of carbonyl (C=O) groups excluding carboxylic acids is 1. The third kappa shape index (κ3) is 0.923. The molecule has 0 fully saturated rings. The minimum atomic E-state index is -0.0637. The number of amides is 1. The van der Waals surface area contributed by atoms with E-state index in [9.17, 15) is 4.79 Å². The zero-order valence-electron chi connectivity index (χ0n) is 7.45. The van der Waals surface area contributed by atoms with E-state index in [2.05, 4.69) is 9.98 Å². The molecule has 0 aliphatic carbocycles. The number of rotatable bonds is 0. The first-order valence-electron chi connectivity index (χ1n) is 4.52. The average Bonchev–Trinajstić information content (AvgIpc) is 2.65. The molecule has 1 aromatic heterocycles. The van der Waals surface area contributed by atoms with Gasteiger partial charge in [-0.2, -0.15) is 0 Å². The van der Waals surface area contributed by atoms with E-state index in [-0.39, 0.29) is 5.91 Å². The highest BCUT2D eigenvalue weighted by Gasteiger charge is 2.05. The summed E-state index contributed by atoms with van der Waals surface area (Å²) >= 11 is 0. The van der Waals surface area contributed by atoms with Gasteiger partial charge in [0.15, 0.2) is 0 Å². The molecule has 0 atom stereocenters. The number of hydrogen-bond donors (Lipinski definition) is 1. The summed E-state index contributed by atoms with van der Waals surface area (Å²) in [6.45, 7) is 0. The van der Waals surface area contributed by atoms with Crippen LogP contribution in [0.1, 0.15) is 6.42 Å². The van der Waals surface area contributed by atoms with Crippen molar-refractivity contribution in [1.82, 2.24) is 4.98 Å². The summed E-state index contributed by atoms with van der Waals surface area (Å²) in [5.74, 6) is -0.0637. The van der Waals surface area contributed by atoms with Gasteiger partial charge >= 0.3 is 0 Å². The number of carbonyl (C=O) groups is 1. The fraction of sp³-hybridized carbons (Fsp3) is 0.0909. The van der Waals surface area contributed by atoms with Gasteiger partial charge in [0.05, 0.1) is 5.36 Å². The lowest BCUT2D eigenvalue weighted by molar-refractivity contribution is -0.117. The molecule has 2 heterocycles. The van der Waals surface area contributed by atoms with Gasteiger partial charge in [0.25, 0.3) is 0 Å². The average molecular weight is 184 g/mol. The molecule has 0 unspecified atom stereocenters. The van der Waals surface area contributed by atoms with E-state index >= 15 is 0 Å². The fourth-order valence-corrected chi connectivity index (χ4v) is 1.79. The summed E-state index contributed by atoms with van der Waals surface area (Å²) < 4.78 is 0. The fourth-order valence-electron chi connectivity index (χ4n) is 1.79.